The third kappa shape index (κ3) is 1.56. The lowest BCUT2D eigenvalue weighted by molar-refractivity contribution is -0.0997. The van der Waals surface area contributed by atoms with Gasteiger partial charge in [-0.3, -0.25) is 4.90 Å². The fourth-order valence-electron chi connectivity index (χ4n) is 5.70. The summed E-state index contributed by atoms with van der Waals surface area (Å²) in [5.74, 6) is 1.81. The normalized spacial score (nSPS) is 40.0. The summed E-state index contributed by atoms with van der Waals surface area (Å²) in [4.78, 5) is 2.19. The molecular formula is C19H23NO4. The molecule has 2 aliphatic carbocycles. The maximum Gasteiger partial charge on any atom is 0.165 e. The van der Waals surface area contributed by atoms with Crippen molar-refractivity contribution in [3.8, 4) is 11.5 Å². The van der Waals surface area contributed by atoms with Crippen LogP contribution in [0.15, 0.2) is 24.3 Å². The Balaban J connectivity index is 1.76. The summed E-state index contributed by atoms with van der Waals surface area (Å²) in [6.07, 6.45) is 4.45. The van der Waals surface area contributed by atoms with Crippen molar-refractivity contribution in [2.24, 2.45) is 5.92 Å². The molecule has 0 radical (unpaired) electrons. The molecule has 24 heavy (non-hydrogen) atoms. The van der Waals surface area contributed by atoms with Crippen LogP contribution in [0.3, 0.4) is 0 Å². The van der Waals surface area contributed by atoms with Crippen LogP contribution >= 0.6 is 0 Å². The molecule has 0 saturated carbocycles. The van der Waals surface area contributed by atoms with E-state index in [4.69, 9.17) is 9.47 Å². The summed E-state index contributed by atoms with van der Waals surface area (Å²) in [6.45, 7) is 2.66. The standard InChI is InChI=1S/C19H23NO4/c1-10(21)20-8-7-19-12-4-5-14(22)18(19)24-17-15(23-2)6-3-11(16(17)19)9-13(12)20/h3-6,10,12-14,18,21-22H,7-9H2,1-2H3/t10?,12?,13-,14?,18?,19+/m1/s1. The summed E-state index contributed by atoms with van der Waals surface area (Å²) in [6, 6.07) is 4.33. The maximum atomic E-state index is 10.6. The van der Waals surface area contributed by atoms with E-state index in [1.54, 1.807) is 7.11 Å². The molecule has 128 valence electrons. The molecule has 2 bridgehead atoms. The molecule has 2 heterocycles. The largest absolute Gasteiger partial charge is 0.493 e. The lowest BCUT2D eigenvalue weighted by Gasteiger charge is -2.57. The molecule has 2 N–H and O–H groups in total. The van der Waals surface area contributed by atoms with E-state index in [0.29, 0.717) is 0 Å². The second kappa shape index (κ2) is 4.75. The molecule has 4 aliphatic rings. The minimum Gasteiger partial charge on any atom is -0.493 e. The van der Waals surface area contributed by atoms with Crippen LogP contribution in [-0.2, 0) is 11.8 Å². The number of piperidine rings is 1. The van der Waals surface area contributed by atoms with Crippen LogP contribution in [0.4, 0.5) is 0 Å². The van der Waals surface area contributed by atoms with Gasteiger partial charge < -0.3 is 19.7 Å². The molecule has 1 aromatic rings. The van der Waals surface area contributed by atoms with Gasteiger partial charge in [0, 0.05) is 29.5 Å². The van der Waals surface area contributed by atoms with Gasteiger partial charge in [0.05, 0.1) is 7.11 Å². The zero-order valence-corrected chi connectivity index (χ0v) is 14.0. The summed E-state index contributed by atoms with van der Waals surface area (Å²) in [5.41, 5.74) is 2.30. The molecule has 1 spiro atoms. The molecule has 1 aromatic carbocycles. The second-order valence-corrected chi connectivity index (χ2v) is 7.50. The number of aliphatic hydroxyl groups excluding tert-OH is 2. The zero-order chi connectivity index (χ0) is 16.6. The van der Waals surface area contributed by atoms with Crippen molar-refractivity contribution in [2.45, 2.75) is 49.7 Å². The molecule has 5 heteroatoms. The Morgan fingerprint density at radius 2 is 2.21 bits per heavy atom. The van der Waals surface area contributed by atoms with Gasteiger partial charge in [-0.05, 0) is 31.4 Å². The van der Waals surface area contributed by atoms with Crippen molar-refractivity contribution < 1.29 is 19.7 Å². The number of hydrogen-bond acceptors (Lipinski definition) is 5. The van der Waals surface area contributed by atoms with Gasteiger partial charge in [0.1, 0.15) is 18.4 Å². The van der Waals surface area contributed by atoms with E-state index >= 15 is 0 Å². The Labute approximate surface area is 141 Å². The maximum absolute atomic E-state index is 10.6. The smallest absolute Gasteiger partial charge is 0.165 e. The number of benzene rings is 1. The summed E-state index contributed by atoms with van der Waals surface area (Å²) in [7, 11) is 1.66. The van der Waals surface area contributed by atoms with E-state index in [9.17, 15) is 10.2 Å². The molecule has 1 fully saturated rings. The highest BCUT2D eigenvalue weighted by Gasteiger charge is 2.64. The van der Waals surface area contributed by atoms with E-state index in [1.165, 1.54) is 11.1 Å². The lowest BCUT2D eigenvalue weighted by Crippen LogP contribution is -2.66. The summed E-state index contributed by atoms with van der Waals surface area (Å²) in [5, 5.41) is 20.9. The van der Waals surface area contributed by atoms with Gasteiger partial charge in [0.15, 0.2) is 11.5 Å². The molecule has 4 unspecified atom stereocenters. The quantitative estimate of drug-likeness (QED) is 0.799. The SMILES string of the molecule is COc1ccc2c3c1OC1C(O)C=CC4[C@@H](C2)N(C(C)O)CC[C@]314. The van der Waals surface area contributed by atoms with Crippen molar-refractivity contribution >= 4 is 0 Å². The number of rotatable bonds is 2. The van der Waals surface area contributed by atoms with Crippen LogP contribution in [0.1, 0.15) is 24.5 Å². The predicted molar refractivity (Wildman–Crippen MR) is 88.2 cm³/mol. The van der Waals surface area contributed by atoms with Crippen LogP contribution in [0.5, 0.6) is 11.5 Å². The van der Waals surface area contributed by atoms with Gasteiger partial charge in [-0.2, -0.15) is 0 Å². The third-order valence-corrected chi connectivity index (χ3v) is 6.60. The van der Waals surface area contributed by atoms with Crippen molar-refractivity contribution in [2.75, 3.05) is 13.7 Å². The Bertz CT molecular complexity index is 730. The predicted octanol–water partition coefficient (Wildman–Crippen LogP) is 1.21. The average Bonchev–Trinajstić information content (AvgIpc) is 2.90. The first-order valence-corrected chi connectivity index (χ1v) is 8.75. The van der Waals surface area contributed by atoms with Crippen LogP contribution in [0.2, 0.25) is 0 Å². The Hall–Kier alpha value is -1.56. The first-order chi connectivity index (χ1) is 11.6. The summed E-state index contributed by atoms with van der Waals surface area (Å²) < 4.78 is 11.8. The van der Waals surface area contributed by atoms with Crippen molar-refractivity contribution in [3.05, 3.63) is 35.4 Å². The molecule has 5 rings (SSSR count). The molecule has 5 nitrogen and oxygen atoms in total. The molecule has 6 atom stereocenters. The summed E-state index contributed by atoms with van der Waals surface area (Å²) >= 11 is 0. The minimum atomic E-state index is -0.608. The van der Waals surface area contributed by atoms with Gasteiger partial charge in [0.25, 0.3) is 0 Å². The van der Waals surface area contributed by atoms with Gasteiger partial charge in [-0.15, -0.1) is 0 Å². The first-order valence-electron chi connectivity index (χ1n) is 8.75. The minimum absolute atomic E-state index is 0.207. The highest BCUT2D eigenvalue weighted by atomic mass is 16.5. The van der Waals surface area contributed by atoms with Crippen molar-refractivity contribution in [3.63, 3.8) is 0 Å². The highest BCUT2D eigenvalue weighted by Crippen LogP contribution is 2.62. The zero-order valence-electron chi connectivity index (χ0n) is 14.0. The van der Waals surface area contributed by atoms with E-state index in [0.717, 1.165) is 30.9 Å². The molecule has 1 saturated heterocycles. The average molecular weight is 329 g/mol. The monoisotopic (exact) mass is 329 g/mol. The van der Waals surface area contributed by atoms with Gasteiger partial charge in [-0.1, -0.05) is 18.2 Å². The molecule has 0 amide bonds. The van der Waals surface area contributed by atoms with Crippen LogP contribution in [0, 0.1) is 5.92 Å². The third-order valence-electron chi connectivity index (χ3n) is 6.60. The van der Waals surface area contributed by atoms with E-state index in [-0.39, 0.29) is 23.5 Å². The molecular weight excluding hydrogens is 306 g/mol. The van der Waals surface area contributed by atoms with E-state index in [1.807, 2.05) is 19.1 Å². The van der Waals surface area contributed by atoms with Gasteiger partial charge in [-0.25, -0.2) is 0 Å². The molecule has 0 aromatic heterocycles. The van der Waals surface area contributed by atoms with Gasteiger partial charge in [0.2, 0.25) is 0 Å². The van der Waals surface area contributed by atoms with E-state index < -0.39 is 12.3 Å². The Morgan fingerprint density at radius 1 is 1.38 bits per heavy atom. The number of hydrogen-bond donors (Lipinski definition) is 2. The molecule has 2 aliphatic heterocycles. The number of aliphatic hydroxyl groups is 2. The number of methoxy groups -OCH3 is 1. The Kier molecular flexibility index (Phi) is 2.92. The highest BCUT2D eigenvalue weighted by molar-refractivity contribution is 5.62. The van der Waals surface area contributed by atoms with Gasteiger partial charge >= 0.3 is 0 Å². The lowest BCUT2D eigenvalue weighted by atomic mass is 9.53. The topological polar surface area (TPSA) is 62.2 Å². The Morgan fingerprint density at radius 3 is 2.96 bits per heavy atom. The number of nitrogens with zero attached hydrogens (tertiary/aromatic N) is 1. The van der Waals surface area contributed by atoms with Crippen molar-refractivity contribution in [1.29, 1.82) is 0 Å². The first kappa shape index (κ1) is 14.8. The number of ether oxygens (including phenoxy) is 2. The van der Waals surface area contributed by atoms with Crippen LogP contribution < -0.4 is 9.47 Å². The van der Waals surface area contributed by atoms with Crippen LogP contribution in [-0.4, -0.2) is 53.2 Å². The fraction of sp³-hybridized carbons (Fsp3) is 0.579. The van der Waals surface area contributed by atoms with Crippen molar-refractivity contribution in [1.82, 2.24) is 4.90 Å². The van der Waals surface area contributed by atoms with Crippen LogP contribution in [0.25, 0.3) is 0 Å². The second-order valence-electron chi connectivity index (χ2n) is 7.50. The van der Waals surface area contributed by atoms with E-state index in [2.05, 4.69) is 17.0 Å². The number of likely N-dealkylation sites (tertiary alicyclic amines) is 1. The fourth-order valence-corrected chi connectivity index (χ4v) is 5.70.